The molecule has 0 spiro atoms. The Hall–Kier alpha value is -1.53. The van der Waals surface area contributed by atoms with Gasteiger partial charge in [-0.1, -0.05) is 18.2 Å². The summed E-state index contributed by atoms with van der Waals surface area (Å²) in [6.07, 6.45) is 0. The molecule has 62 valence electrons. The molecule has 0 aliphatic heterocycles. The van der Waals surface area contributed by atoms with Crippen LogP contribution in [-0.2, 0) is 4.79 Å². The first-order chi connectivity index (χ1) is 5.79. The molecule has 0 unspecified atom stereocenters. The zero-order valence-corrected chi connectivity index (χ0v) is 7.13. The van der Waals surface area contributed by atoms with Gasteiger partial charge in [-0.15, -0.1) is 0 Å². The van der Waals surface area contributed by atoms with Gasteiger partial charge in [-0.3, -0.25) is 0 Å². The van der Waals surface area contributed by atoms with Crippen LogP contribution in [0.3, 0.4) is 0 Å². The molecule has 1 aromatic carbocycles. The van der Waals surface area contributed by atoms with Crippen molar-refractivity contribution in [3.63, 3.8) is 0 Å². The molecule has 1 aromatic rings. The lowest BCUT2D eigenvalue weighted by atomic mass is 10.1. The van der Waals surface area contributed by atoms with E-state index in [1.165, 1.54) is 0 Å². The molecule has 0 atom stereocenters. The summed E-state index contributed by atoms with van der Waals surface area (Å²) < 4.78 is 5.07. The lowest BCUT2D eigenvalue weighted by Crippen LogP contribution is -1.88. The number of benzene rings is 1. The summed E-state index contributed by atoms with van der Waals surface area (Å²) in [5, 5.41) is 0. The number of ether oxygens (including phenoxy) is 1. The average Bonchev–Trinajstić information content (AvgIpc) is 2.16. The van der Waals surface area contributed by atoms with Gasteiger partial charge in [0.05, 0.1) is 7.11 Å². The molecule has 0 saturated heterocycles. The van der Waals surface area contributed by atoms with Crippen molar-refractivity contribution in [1.29, 1.82) is 0 Å². The SMILES string of the molecule is COc1ccccc1C(C)=C=O. The van der Waals surface area contributed by atoms with Crippen LogP contribution >= 0.6 is 0 Å². The van der Waals surface area contributed by atoms with Crippen molar-refractivity contribution < 1.29 is 9.53 Å². The fourth-order valence-corrected chi connectivity index (χ4v) is 1.01. The van der Waals surface area contributed by atoms with Crippen molar-refractivity contribution in [1.82, 2.24) is 0 Å². The highest BCUT2D eigenvalue weighted by Gasteiger charge is 2.02. The number of carbonyl (C=O) groups excluding carboxylic acids is 1. The third-order valence-corrected chi connectivity index (χ3v) is 1.66. The second kappa shape index (κ2) is 3.74. The van der Waals surface area contributed by atoms with Gasteiger partial charge < -0.3 is 4.74 Å². The van der Waals surface area contributed by atoms with E-state index in [1.54, 1.807) is 14.0 Å². The maximum Gasteiger partial charge on any atom is 0.128 e. The van der Waals surface area contributed by atoms with Gasteiger partial charge in [0.15, 0.2) is 0 Å². The summed E-state index contributed by atoms with van der Waals surface area (Å²) in [5.41, 5.74) is 1.36. The van der Waals surface area contributed by atoms with Gasteiger partial charge >= 0.3 is 0 Å². The third-order valence-electron chi connectivity index (χ3n) is 1.66. The third kappa shape index (κ3) is 1.55. The lowest BCUT2D eigenvalue weighted by Gasteiger charge is -2.04. The Morgan fingerprint density at radius 1 is 1.42 bits per heavy atom. The molecule has 0 radical (unpaired) electrons. The van der Waals surface area contributed by atoms with E-state index in [2.05, 4.69) is 0 Å². The van der Waals surface area contributed by atoms with Gasteiger partial charge in [0.1, 0.15) is 11.7 Å². The predicted octanol–water partition coefficient (Wildman–Crippen LogP) is 1.93. The van der Waals surface area contributed by atoms with Crippen LogP contribution in [0.2, 0.25) is 0 Å². The smallest absolute Gasteiger partial charge is 0.128 e. The zero-order chi connectivity index (χ0) is 8.97. The van der Waals surface area contributed by atoms with Crippen LogP contribution in [0.5, 0.6) is 5.75 Å². The summed E-state index contributed by atoms with van der Waals surface area (Å²) in [4.78, 5) is 10.4. The Bertz CT molecular complexity index is 322. The van der Waals surface area contributed by atoms with Crippen molar-refractivity contribution in [3.8, 4) is 5.75 Å². The molecule has 0 N–H and O–H groups in total. The number of hydrogen-bond donors (Lipinski definition) is 0. The minimum atomic E-state index is 0.562. The Morgan fingerprint density at radius 2 is 2.08 bits per heavy atom. The maximum atomic E-state index is 10.4. The van der Waals surface area contributed by atoms with E-state index in [1.807, 2.05) is 30.2 Å². The molecule has 2 nitrogen and oxygen atoms in total. The van der Waals surface area contributed by atoms with Gasteiger partial charge in [0.2, 0.25) is 0 Å². The molecule has 0 aromatic heterocycles. The monoisotopic (exact) mass is 162 g/mol. The van der Waals surface area contributed by atoms with Crippen LogP contribution in [0.1, 0.15) is 12.5 Å². The molecular weight excluding hydrogens is 152 g/mol. The minimum absolute atomic E-state index is 0.562. The second-order valence-corrected chi connectivity index (χ2v) is 2.43. The summed E-state index contributed by atoms with van der Waals surface area (Å²) in [6.45, 7) is 1.71. The van der Waals surface area contributed by atoms with E-state index in [0.717, 1.165) is 5.56 Å². The Morgan fingerprint density at radius 3 is 2.67 bits per heavy atom. The molecule has 2 heteroatoms. The normalized spacial score (nSPS) is 8.83. The van der Waals surface area contributed by atoms with Gasteiger partial charge in [-0.2, -0.15) is 0 Å². The predicted molar refractivity (Wildman–Crippen MR) is 47.8 cm³/mol. The molecule has 0 fully saturated rings. The molecule has 0 heterocycles. The first-order valence-corrected chi connectivity index (χ1v) is 3.64. The van der Waals surface area contributed by atoms with E-state index in [9.17, 15) is 4.79 Å². The molecule has 0 bridgehead atoms. The van der Waals surface area contributed by atoms with Crippen LogP contribution in [0, 0.1) is 0 Å². The fraction of sp³-hybridized carbons (Fsp3) is 0.200. The largest absolute Gasteiger partial charge is 0.496 e. The number of allylic oxidation sites excluding steroid dienone is 1. The highest BCUT2D eigenvalue weighted by molar-refractivity contribution is 5.88. The summed E-state index contributed by atoms with van der Waals surface area (Å²) >= 11 is 0. The highest BCUT2D eigenvalue weighted by atomic mass is 16.5. The topological polar surface area (TPSA) is 26.3 Å². The minimum Gasteiger partial charge on any atom is -0.496 e. The Balaban J connectivity index is 3.22. The van der Waals surface area contributed by atoms with Gasteiger partial charge in [-0.05, 0) is 13.0 Å². The van der Waals surface area contributed by atoms with Crippen molar-refractivity contribution in [2.75, 3.05) is 7.11 Å². The van der Waals surface area contributed by atoms with E-state index in [0.29, 0.717) is 11.3 Å². The van der Waals surface area contributed by atoms with E-state index < -0.39 is 0 Å². The van der Waals surface area contributed by atoms with Crippen molar-refractivity contribution >= 4 is 11.5 Å². The van der Waals surface area contributed by atoms with Crippen LogP contribution < -0.4 is 4.74 Å². The molecule has 0 saturated carbocycles. The zero-order valence-electron chi connectivity index (χ0n) is 7.13. The molecule has 12 heavy (non-hydrogen) atoms. The molecule has 1 rings (SSSR count). The van der Waals surface area contributed by atoms with Crippen molar-refractivity contribution in [3.05, 3.63) is 29.8 Å². The number of hydrogen-bond acceptors (Lipinski definition) is 2. The number of methoxy groups -OCH3 is 1. The number of para-hydroxylation sites is 1. The van der Waals surface area contributed by atoms with E-state index in [4.69, 9.17) is 4.74 Å². The van der Waals surface area contributed by atoms with E-state index in [-0.39, 0.29) is 0 Å². The summed E-state index contributed by atoms with van der Waals surface area (Å²) in [7, 11) is 1.58. The molecule has 0 amide bonds. The fourth-order valence-electron chi connectivity index (χ4n) is 1.01. The van der Waals surface area contributed by atoms with Crippen LogP contribution in [-0.4, -0.2) is 13.1 Å². The molecular formula is C10H10O2. The summed E-state index contributed by atoms with van der Waals surface area (Å²) in [5.74, 6) is 2.55. The Kier molecular flexibility index (Phi) is 2.67. The first-order valence-electron chi connectivity index (χ1n) is 3.64. The van der Waals surface area contributed by atoms with Gasteiger partial charge in [0.25, 0.3) is 0 Å². The molecule has 0 aliphatic rings. The van der Waals surface area contributed by atoms with Crippen molar-refractivity contribution in [2.45, 2.75) is 6.92 Å². The average molecular weight is 162 g/mol. The molecule has 0 aliphatic carbocycles. The van der Waals surface area contributed by atoms with Gasteiger partial charge in [0, 0.05) is 11.1 Å². The maximum absolute atomic E-state index is 10.4. The van der Waals surface area contributed by atoms with Crippen molar-refractivity contribution in [2.24, 2.45) is 0 Å². The summed E-state index contributed by atoms with van der Waals surface area (Å²) in [6, 6.07) is 7.37. The van der Waals surface area contributed by atoms with E-state index >= 15 is 0 Å². The second-order valence-electron chi connectivity index (χ2n) is 2.43. The highest BCUT2D eigenvalue weighted by Crippen LogP contribution is 2.22. The van der Waals surface area contributed by atoms with Crippen LogP contribution in [0.15, 0.2) is 24.3 Å². The van der Waals surface area contributed by atoms with Crippen LogP contribution in [0.25, 0.3) is 5.57 Å². The first kappa shape index (κ1) is 8.57. The lowest BCUT2D eigenvalue weighted by molar-refractivity contribution is 0.413. The standard InChI is InChI=1S/C10H10O2/c1-8(7-11)9-5-3-4-6-10(9)12-2/h3-6H,1-2H3. The van der Waals surface area contributed by atoms with Crippen LogP contribution in [0.4, 0.5) is 0 Å². The quantitative estimate of drug-likeness (QED) is 0.621. The Labute approximate surface area is 71.5 Å². The van der Waals surface area contributed by atoms with Gasteiger partial charge in [-0.25, -0.2) is 4.79 Å². The number of rotatable bonds is 2.